The molecule has 1 aromatic carbocycles. The number of hydrogen-bond acceptors (Lipinski definition) is 5. The number of nitrogens with one attached hydrogen (secondary N) is 1. The number of carbonyl (C=O) groups is 1. The summed E-state index contributed by atoms with van der Waals surface area (Å²) in [6, 6.07) is 12.8. The first kappa shape index (κ1) is 25.4. The number of H-pyrrole nitrogens is 1. The highest BCUT2D eigenvalue weighted by Crippen LogP contribution is 2.29. The van der Waals surface area contributed by atoms with E-state index in [1.807, 2.05) is 39.8 Å². The van der Waals surface area contributed by atoms with Crippen LogP contribution in [0, 0.1) is 0 Å². The molecule has 0 aliphatic carbocycles. The van der Waals surface area contributed by atoms with Gasteiger partial charge in [0.2, 0.25) is 0 Å². The van der Waals surface area contributed by atoms with Gasteiger partial charge in [-0.05, 0) is 38.1 Å². The first-order valence-electron chi connectivity index (χ1n) is 11.7. The van der Waals surface area contributed by atoms with Crippen molar-refractivity contribution in [3.05, 3.63) is 48.3 Å². The Hall–Kier alpha value is -2.86. The average Bonchev–Trinajstić information content (AvgIpc) is 3.31. The van der Waals surface area contributed by atoms with E-state index >= 15 is 0 Å². The molecule has 0 saturated carbocycles. The summed E-state index contributed by atoms with van der Waals surface area (Å²) >= 11 is 0. The molecule has 174 valence electrons. The molecule has 1 N–H and O–H groups in total. The molecule has 1 saturated heterocycles. The fourth-order valence-corrected chi connectivity index (χ4v) is 3.83. The van der Waals surface area contributed by atoms with Crippen LogP contribution in [-0.2, 0) is 4.74 Å². The van der Waals surface area contributed by atoms with E-state index in [0.717, 1.165) is 48.3 Å². The molecule has 3 aromatic rings. The van der Waals surface area contributed by atoms with Crippen molar-refractivity contribution >= 4 is 22.6 Å². The van der Waals surface area contributed by atoms with Crippen molar-refractivity contribution in [1.29, 1.82) is 0 Å². The third-order valence-corrected chi connectivity index (χ3v) is 5.50. The van der Waals surface area contributed by atoms with Crippen molar-refractivity contribution in [2.75, 3.05) is 38.2 Å². The van der Waals surface area contributed by atoms with Crippen LogP contribution in [-0.4, -0.2) is 60.2 Å². The molecule has 6 heteroatoms. The van der Waals surface area contributed by atoms with Crippen molar-refractivity contribution < 1.29 is 9.53 Å². The Morgan fingerprint density at radius 2 is 1.62 bits per heavy atom. The predicted molar refractivity (Wildman–Crippen MR) is 134 cm³/mol. The number of hydrogen-bond donors (Lipinski definition) is 1. The van der Waals surface area contributed by atoms with Crippen LogP contribution in [0.3, 0.4) is 0 Å². The molecule has 1 aliphatic heterocycles. The van der Waals surface area contributed by atoms with Crippen LogP contribution < -0.4 is 4.90 Å². The summed E-state index contributed by atoms with van der Waals surface area (Å²) in [4.78, 5) is 24.4. The van der Waals surface area contributed by atoms with E-state index < -0.39 is 0 Å². The van der Waals surface area contributed by atoms with E-state index in [9.17, 15) is 4.79 Å². The maximum absolute atomic E-state index is 11.8. The van der Waals surface area contributed by atoms with E-state index in [1.165, 1.54) is 12.8 Å². The minimum atomic E-state index is -0.377. The van der Waals surface area contributed by atoms with Crippen molar-refractivity contribution in [3.63, 3.8) is 0 Å². The highest BCUT2D eigenvalue weighted by atomic mass is 16.5. The van der Waals surface area contributed by atoms with Crippen molar-refractivity contribution in [3.8, 4) is 11.3 Å². The molecule has 32 heavy (non-hydrogen) atoms. The number of pyridine rings is 1. The molecule has 0 unspecified atom stereocenters. The number of methoxy groups -OCH3 is 1. The molecule has 0 bridgehead atoms. The number of benzene rings is 1. The topological polar surface area (TPSA) is 61.5 Å². The lowest BCUT2D eigenvalue weighted by Crippen LogP contribution is -2.48. The summed E-state index contributed by atoms with van der Waals surface area (Å²) in [5.74, 6) is -0.377. The largest absolute Gasteiger partial charge is 0.464 e. The second-order valence-corrected chi connectivity index (χ2v) is 7.46. The second kappa shape index (κ2) is 12.2. The number of anilines is 1. The van der Waals surface area contributed by atoms with Crippen LogP contribution >= 0.6 is 0 Å². The highest BCUT2D eigenvalue weighted by molar-refractivity contribution is 6.00. The normalized spacial score (nSPS) is 13.8. The Labute approximate surface area is 192 Å². The second-order valence-electron chi connectivity index (χ2n) is 7.46. The Morgan fingerprint density at radius 1 is 1.00 bits per heavy atom. The number of carbonyl (C=O) groups excluding carboxylic acids is 1. The molecule has 4 rings (SSSR count). The van der Waals surface area contributed by atoms with E-state index in [0.29, 0.717) is 11.7 Å². The van der Waals surface area contributed by atoms with Crippen molar-refractivity contribution in [2.24, 2.45) is 0 Å². The maximum atomic E-state index is 11.8. The molecular formula is C26H38N4O2. The Bertz CT molecular complexity index is 971. The summed E-state index contributed by atoms with van der Waals surface area (Å²) in [7, 11) is 1.38. The number of ether oxygens (including phenoxy) is 1. The quantitative estimate of drug-likeness (QED) is 0.537. The summed E-state index contributed by atoms with van der Waals surface area (Å²) in [6.45, 7) is 16.8. The van der Waals surface area contributed by atoms with Crippen molar-refractivity contribution in [1.82, 2.24) is 14.9 Å². The monoisotopic (exact) mass is 438 g/mol. The van der Waals surface area contributed by atoms with Gasteiger partial charge in [0, 0.05) is 60.6 Å². The van der Waals surface area contributed by atoms with Gasteiger partial charge in [-0.3, -0.25) is 9.88 Å². The SMILES string of the molecule is CC.CC.COC(=O)c1cc2c(-c3ccc(N4CCN(C(C)C)CC4)cc3)nccc2[nH]1. The maximum Gasteiger partial charge on any atom is 0.354 e. The zero-order chi connectivity index (χ0) is 23.7. The van der Waals surface area contributed by atoms with Gasteiger partial charge in [0.15, 0.2) is 0 Å². The molecule has 1 aliphatic rings. The molecule has 0 spiro atoms. The van der Waals surface area contributed by atoms with Gasteiger partial charge in [-0.25, -0.2) is 4.79 Å². The molecule has 0 amide bonds. The van der Waals surface area contributed by atoms with E-state index in [4.69, 9.17) is 4.74 Å². The van der Waals surface area contributed by atoms with Gasteiger partial charge >= 0.3 is 5.97 Å². The Balaban J connectivity index is 0.000000860. The van der Waals surface area contributed by atoms with Crippen LogP contribution in [0.5, 0.6) is 0 Å². The number of esters is 1. The molecule has 1 fully saturated rings. The zero-order valence-electron chi connectivity index (χ0n) is 20.6. The highest BCUT2D eigenvalue weighted by Gasteiger charge is 2.19. The van der Waals surface area contributed by atoms with E-state index in [-0.39, 0.29) is 5.97 Å². The minimum Gasteiger partial charge on any atom is -0.464 e. The number of aromatic nitrogens is 2. The molecular weight excluding hydrogens is 400 g/mol. The Kier molecular flexibility index (Phi) is 9.72. The first-order valence-corrected chi connectivity index (χ1v) is 11.7. The fraction of sp³-hybridized carbons (Fsp3) is 0.462. The predicted octanol–water partition coefficient (Wildman–Crippen LogP) is 5.60. The Morgan fingerprint density at radius 3 is 2.19 bits per heavy atom. The molecule has 3 heterocycles. The summed E-state index contributed by atoms with van der Waals surface area (Å²) in [5, 5.41) is 0.918. The van der Waals surface area contributed by atoms with Crippen LogP contribution in [0.2, 0.25) is 0 Å². The van der Waals surface area contributed by atoms with Gasteiger partial charge in [-0.15, -0.1) is 0 Å². The fourth-order valence-electron chi connectivity index (χ4n) is 3.83. The summed E-state index contributed by atoms with van der Waals surface area (Å²) in [6.07, 6.45) is 1.76. The number of nitrogens with zero attached hydrogens (tertiary/aromatic N) is 3. The number of aromatic amines is 1. The smallest absolute Gasteiger partial charge is 0.354 e. The lowest BCUT2D eigenvalue weighted by molar-refractivity contribution is 0.0595. The molecule has 2 aromatic heterocycles. The van der Waals surface area contributed by atoms with Gasteiger partial charge in [0.05, 0.1) is 12.8 Å². The first-order chi connectivity index (χ1) is 15.6. The minimum absolute atomic E-state index is 0.377. The zero-order valence-corrected chi connectivity index (χ0v) is 20.6. The lowest BCUT2D eigenvalue weighted by atomic mass is 10.1. The third kappa shape index (κ3) is 5.68. The van der Waals surface area contributed by atoms with Gasteiger partial charge in [0.1, 0.15) is 5.69 Å². The number of fused-ring (bicyclic) bond motifs is 1. The van der Waals surface area contributed by atoms with Crippen LogP contribution in [0.15, 0.2) is 42.6 Å². The van der Waals surface area contributed by atoms with Gasteiger partial charge < -0.3 is 14.6 Å². The van der Waals surface area contributed by atoms with Crippen molar-refractivity contribution in [2.45, 2.75) is 47.6 Å². The molecule has 0 radical (unpaired) electrons. The number of piperazine rings is 1. The van der Waals surface area contributed by atoms with E-state index in [2.05, 4.69) is 57.9 Å². The summed E-state index contributed by atoms with van der Waals surface area (Å²) < 4.78 is 4.82. The van der Waals surface area contributed by atoms with Gasteiger partial charge in [0.25, 0.3) is 0 Å². The lowest BCUT2D eigenvalue weighted by Gasteiger charge is -2.38. The van der Waals surface area contributed by atoms with Crippen LogP contribution in [0.25, 0.3) is 22.2 Å². The van der Waals surface area contributed by atoms with Gasteiger partial charge in [-0.2, -0.15) is 0 Å². The number of rotatable bonds is 4. The average molecular weight is 439 g/mol. The summed E-state index contributed by atoms with van der Waals surface area (Å²) in [5.41, 5.74) is 4.44. The molecule has 6 nitrogen and oxygen atoms in total. The van der Waals surface area contributed by atoms with Crippen LogP contribution in [0.4, 0.5) is 5.69 Å². The van der Waals surface area contributed by atoms with E-state index in [1.54, 1.807) is 6.20 Å². The third-order valence-electron chi connectivity index (χ3n) is 5.50. The standard InChI is InChI=1S/C22H26N4O2.2C2H6/c1-15(2)25-10-12-26(13-11-25)17-6-4-16(5-7-17)21-18-14-20(22(27)28-3)24-19(18)8-9-23-21;2*1-2/h4-9,14-15,24H,10-13H2,1-3H3;2*1-2H3. The van der Waals surface area contributed by atoms with Crippen LogP contribution in [0.1, 0.15) is 52.0 Å². The van der Waals surface area contributed by atoms with Gasteiger partial charge in [-0.1, -0.05) is 39.8 Å². The molecule has 0 atom stereocenters.